The summed E-state index contributed by atoms with van der Waals surface area (Å²) in [6.07, 6.45) is 2.47. The molecular formula is C13H27N5O3S. The highest BCUT2D eigenvalue weighted by atomic mass is 32.1. The molecule has 0 saturated carbocycles. The molecule has 22 heavy (non-hydrogen) atoms. The van der Waals surface area contributed by atoms with Crippen molar-refractivity contribution in [2.75, 3.05) is 25.9 Å². The monoisotopic (exact) mass is 333 g/mol. The lowest BCUT2D eigenvalue weighted by Gasteiger charge is -2.14. The Morgan fingerprint density at radius 3 is 2.41 bits per heavy atom. The lowest BCUT2D eigenvalue weighted by Crippen LogP contribution is -2.47. The van der Waals surface area contributed by atoms with Crippen LogP contribution in [-0.2, 0) is 14.4 Å². The van der Waals surface area contributed by atoms with Crippen molar-refractivity contribution in [3.63, 3.8) is 0 Å². The maximum absolute atomic E-state index is 11.7. The number of carbonyl (C=O) groups excluding carboxylic acids is 3. The third-order valence-corrected chi connectivity index (χ3v) is 3.41. The molecule has 0 aromatic heterocycles. The van der Waals surface area contributed by atoms with Crippen LogP contribution in [0.4, 0.5) is 0 Å². The summed E-state index contributed by atoms with van der Waals surface area (Å²) in [5, 5.41) is 8.06. The minimum Gasteiger partial charge on any atom is -0.368 e. The van der Waals surface area contributed by atoms with Gasteiger partial charge in [-0.25, -0.2) is 0 Å². The molecule has 0 bridgehead atoms. The second-order valence-corrected chi connectivity index (χ2v) is 5.32. The van der Waals surface area contributed by atoms with Crippen molar-refractivity contribution in [3.05, 3.63) is 0 Å². The number of nitrogens with two attached hydrogens (primary N) is 2. The number of unbranched alkanes of at least 4 members (excludes halogenated alkanes) is 1. The standard InChI is InChI=1S/C13H27N5O3S/c1-16-6-3-2-4-9(14)13(21)17-7-5-11(19)18-10(8-22)12(15)20/h9-10,16,22H,2-8,14H2,1H3,(H2,15,20)(H,17,21)(H,18,19). The zero-order chi connectivity index (χ0) is 17.0. The summed E-state index contributed by atoms with van der Waals surface area (Å²) >= 11 is 3.92. The number of hydrogen-bond donors (Lipinski definition) is 6. The zero-order valence-corrected chi connectivity index (χ0v) is 13.8. The minimum atomic E-state index is -0.805. The molecule has 0 radical (unpaired) electrons. The molecule has 2 unspecified atom stereocenters. The maximum atomic E-state index is 11.7. The van der Waals surface area contributed by atoms with E-state index in [1.807, 2.05) is 7.05 Å². The Morgan fingerprint density at radius 1 is 1.18 bits per heavy atom. The van der Waals surface area contributed by atoms with Gasteiger partial charge in [0, 0.05) is 18.7 Å². The predicted molar refractivity (Wildman–Crippen MR) is 88.4 cm³/mol. The van der Waals surface area contributed by atoms with Gasteiger partial charge in [-0.05, 0) is 26.4 Å². The fraction of sp³-hybridized carbons (Fsp3) is 0.769. The molecule has 0 heterocycles. The number of hydrogen-bond acceptors (Lipinski definition) is 6. The van der Waals surface area contributed by atoms with Gasteiger partial charge in [0.05, 0.1) is 6.04 Å². The number of thiol groups is 1. The Kier molecular flexibility index (Phi) is 11.5. The first kappa shape index (κ1) is 20.7. The summed E-state index contributed by atoms with van der Waals surface area (Å²) in [5.74, 6) is -1.17. The molecule has 8 nitrogen and oxygen atoms in total. The molecule has 7 N–H and O–H groups in total. The van der Waals surface area contributed by atoms with Crippen LogP contribution >= 0.6 is 12.6 Å². The molecule has 0 aliphatic carbocycles. The molecular weight excluding hydrogens is 306 g/mol. The molecule has 0 saturated heterocycles. The molecule has 3 amide bonds. The Labute approximate surface area is 136 Å². The van der Waals surface area contributed by atoms with Gasteiger partial charge in [0.25, 0.3) is 0 Å². The van der Waals surface area contributed by atoms with Crippen molar-refractivity contribution < 1.29 is 14.4 Å². The highest BCUT2D eigenvalue weighted by Crippen LogP contribution is 1.98. The van der Waals surface area contributed by atoms with E-state index in [2.05, 4.69) is 28.6 Å². The smallest absolute Gasteiger partial charge is 0.240 e. The molecule has 0 aromatic rings. The van der Waals surface area contributed by atoms with Crippen LogP contribution < -0.4 is 27.4 Å². The lowest BCUT2D eigenvalue weighted by molar-refractivity contribution is -0.127. The van der Waals surface area contributed by atoms with Crippen molar-refractivity contribution >= 4 is 30.4 Å². The Balaban J connectivity index is 3.86. The minimum absolute atomic E-state index is 0.0514. The number of carbonyl (C=O) groups is 3. The zero-order valence-electron chi connectivity index (χ0n) is 12.9. The molecule has 0 aliphatic rings. The van der Waals surface area contributed by atoms with E-state index < -0.39 is 18.0 Å². The second-order valence-electron chi connectivity index (χ2n) is 4.95. The van der Waals surface area contributed by atoms with Gasteiger partial charge in [-0.15, -0.1) is 0 Å². The van der Waals surface area contributed by atoms with E-state index in [0.29, 0.717) is 6.42 Å². The van der Waals surface area contributed by atoms with E-state index >= 15 is 0 Å². The van der Waals surface area contributed by atoms with Crippen LogP contribution in [-0.4, -0.2) is 55.7 Å². The van der Waals surface area contributed by atoms with Crippen LogP contribution in [0.5, 0.6) is 0 Å². The number of amides is 3. The molecule has 0 spiro atoms. The highest BCUT2D eigenvalue weighted by Gasteiger charge is 2.17. The van der Waals surface area contributed by atoms with Crippen LogP contribution in [0.15, 0.2) is 0 Å². The van der Waals surface area contributed by atoms with Gasteiger partial charge >= 0.3 is 0 Å². The average Bonchev–Trinajstić information content (AvgIpc) is 2.48. The molecule has 0 fully saturated rings. The third kappa shape index (κ3) is 9.59. The normalized spacial score (nSPS) is 13.2. The molecule has 0 aromatic carbocycles. The van der Waals surface area contributed by atoms with Crippen molar-refractivity contribution in [2.45, 2.75) is 37.8 Å². The van der Waals surface area contributed by atoms with Gasteiger partial charge in [-0.3, -0.25) is 14.4 Å². The van der Waals surface area contributed by atoms with E-state index in [-0.39, 0.29) is 30.5 Å². The summed E-state index contributed by atoms with van der Waals surface area (Å²) in [6, 6.07) is -1.38. The second kappa shape index (κ2) is 12.2. The SMILES string of the molecule is CNCCCCC(N)C(=O)NCCC(=O)NC(CS)C(N)=O. The van der Waals surface area contributed by atoms with Gasteiger partial charge in [0.15, 0.2) is 0 Å². The average molecular weight is 333 g/mol. The molecule has 0 rings (SSSR count). The van der Waals surface area contributed by atoms with Gasteiger partial charge in [-0.1, -0.05) is 6.42 Å². The Bertz CT molecular complexity index is 368. The quantitative estimate of drug-likeness (QED) is 0.183. The predicted octanol–water partition coefficient (Wildman–Crippen LogP) is -1.89. The van der Waals surface area contributed by atoms with Crippen LogP contribution in [0.2, 0.25) is 0 Å². The maximum Gasteiger partial charge on any atom is 0.240 e. The van der Waals surface area contributed by atoms with Gasteiger partial charge in [0.2, 0.25) is 17.7 Å². The van der Waals surface area contributed by atoms with Gasteiger partial charge in [0.1, 0.15) is 6.04 Å². The van der Waals surface area contributed by atoms with Crippen molar-refractivity contribution in [1.29, 1.82) is 0 Å². The van der Waals surface area contributed by atoms with E-state index in [1.165, 1.54) is 0 Å². The lowest BCUT2D eigenvalue weighted by atomic mass is 10.1. The number of rotatable bonds is 12. The first-order valence-electron chi connectivity index (χ1n) is 7.29. The van der Waals surface area contributed by atoms with Crippen LogP contribution in [0.3, 0.4) is 0 Å². The third-order valence-electron chi connectivity index (χ3n) is 3.04. The fourth-order valence-electron chi connectivity index (χ4n) is 1.70. The summed E-state index contributed by atoms with van der Waals surface area (Å²) in [6.45, 7) is 1.05. The van der Waals surface area contributed by atoms with E-state index in [1.54, 1.807) is 0 Å². The highest BCUT2D eigenvalue weighted by molar-refractivity contribution is 7.80. The van der Waals surface area contributed by atoms with E-state index in [9.17, 15) is 14.4 Å². The number of nitrogens with one attached hydrogen (secondary N) is 3. The van der Waals surface area contributed by atoms with Crippen molar-refractivity contribution in [3.8, 4) is 0 Å². The van der Waals surface area contributed by atoms with E-state index in [0.717, 1.165) is 19.4 Å². The molecule has 9 heteroatoms. The summed E-state index contributed by atoms with van der Waals surface area (Å²) < 4.78 is 0. The first-order valence-corrected chi connectivity index (χ1v) is 7.93. The summed E-state index contributed by atoms with van der Waals surface area (Å²) in [4.78, 5) is 34.2. The summed E-state index contributed by atoms with van der Waals surface area (Å²) in [5.41, 5.74) is 10.8. The fourth-order valence-corrected chi connectivity index (χ4v) is 1.97. The Morgan fingerprint density at radius 2 is 1.86 bits per heavy atom. The summed E-state index contributed by atoms with van der Waals surface area (Å²) in [7, 11) is 1.87. The largest absolute Gasteiger partial charge is 0.368 e. The molecule has 2 atom stereocenters. The first-order chi connectivity index (χ1) is 10.4. The van der Waals surface area contributed by atoms with Crippen LogP contribution in [0, 0.1) is 0 Å². The van der Waals surface area contributed by atoms with Crippen LogP contribution in [0.1, 0.15) is 25.7 Å². The van der Waals surface area contributed by atoms with Crippen molar-refractivity contribution in [2.24, 2.45) is 11.5 Å². The van der Waals surface area contributed by atoms with Crippen LogP contribution in [0.25, 0.3) is 0 Å². The van der Waals surface area contributed by atoms with Crippen molar-refractivity contribution in [1.82, 2.24) is 16.0 Å². The topological polar surface area (TPSA) is 139 Å². The van der Waals surface area contributed by atoms with E-state index in [4.69, 9.17) is 11.5 Å². The Hall–Kier alpha value is -1.32. The van der Waals surface area contributed by atoms with Gasteiger partial charge in [-0.2, -0.15) is 12.6 Å². The molecule has 0 aliphatic heterocycles. The molecule has 128 valence electrons. The number of primary amides is 1. The van der Waals surface area contributed by atoms with Gasteiger partial charge < -0.3 is 27.4 Å².